The molecule has 3 rings (SSSR count). The number of aromatic nitrogens is 1. The van der Waals surface area contributed by atoms with E-state index in [1.165, 1.54) is 0 Å². The lowest BCUT2D eigenvalue weighted by molar-refractivity contribution is 1.40. The Balaban J connectivity index is 2.11. The van der Waals surface area contributed by atoms with E-state index >= 15 is 0 Å². The molecular formula is C16H14ClN3. The van der Waals surface area contributed by atoms with E-state index in [2.05, 4.69) is 10.3 Å². The third kappa shape index (κ3) is 2.28. The molecule has 0 aliphatic carbocycles. The van der Waals surface area contributed by atoms with Crippen molar-refractivity contribution >= 4 is 39.6 Å². The lowest BCUT2D eigenvalue weighted by Gasteiger charge is -2.12. The Kier molecular flexibility index (Phi) is 3.20. The molecule has 0 amide bonds. The molecule has 0 atom stereocenters. The predicted octanol–water partition coefficient (Wildman–Crippen LogP) is 4.52. The third-order valence-corrected chi connectivity index (χ3v) is 3.52. The number of aryl methyl sites for hydroxylation is 1. The Labute approximate surface area is 122 Å². The van der Waals surface area contributed by atoms with Crippen LogP contribution < -0.4 is 11.1 Å². The van der Waals surface area contributed by atoms with Crippen molar-refractivity contribution in [1.29, 1.82) is 0 Å². The summed E-state index contributed by atoms with van der Waals surface area (Å²) in [6.45, 7) is 2.03. The molecule has 2 aromatic carbocycles. The first-order valence-electron chi connectivity index (χ1n) is 6.31. The fourth-order valence-electron chi connectivity index (χ4n) is 2.19. The second-order valence-corrected chi connectivity index (χ2v) is 5.12. The van der Waals surface area contributed by atoms with Gasteiger partial charge in [-0.1, -0.05) is 29.8 Å². The van der Waals surface area contributed by atoms with Crippen LogP contribution in [-0.4, -0.2) is 4.98 Å². The summed E-state index contributed by atoms with van der Waals surface area (Å²) < 4.78 is 0. The highest BCUT2D eigenvalue weighted by atomic mass is 35.5. The predicted molar refractivity (Wildman–Crippen MR) is 85.6 cm³/mol. The number of hydrogen-bond donors (Lipinski definition) is 2. The number of fused-ring (bicyclic) bond motifs is 1. The Morgan fingerprint density at radius 3 is 2.80 bits per heavy atom. The van der Waals surface area contributed by atoms with Gasteiger partial charge in [-0.3, -0.25) is 4.98 Å². The summed E-state index contributed by atoms with van der Waals surface area (Å²) in [5.41, 5.74) is 10.4. The van der Waals surface area contributed by atoms with Gasteiger partial charge in [0.1, 0.15) is 0 Å². The van der Waals surface area contributed by atoms with Crippen molar-refractivity contribution < 1.29 is 0 Å². The van der Waals surface area contributed by atoms with Crippen molar-refractivity contribution in [3.8, 4) is 0 Å². The van der Waals surface area contributed by atoms with E-state index in [4.69, 9.17) is 17.3 Å². The standard InChI is InChI=1S/C16H14ClN3/c1-10-5-6-12(17)15(9-10)20-14-7-8-19-16-11(14)3-2-4-13(16)18/h2-9H,18H2,1H3,(H,19,20). The van der Waals surface area contributed by atoms with Crippen LogP contribution in [0.1, 0.15) is 5.56 Å². The molecule has 100 valence electrons. The summed E-state index contributed by atoms with van der Waals surface area (Å²) in [4.78, 5) is 4.33. The number of hydrogen-bond acceptors (Lipinski definition) is 3. The maximum absolute atomic E-state index is 6.23. The molecule has 0 unspecified atom stereocenters. The Bertz CT molecular complexity index is 784. The normalized spacial score (nSPS) is 10.7. The number of anilines is 3. The molecule has 0 bridgehead atoms. The van der Waals surface area contributed by atoms with Crippen LogP contribution in [-0.2, 0) is 0 Å². The third-order valence-electron chi connectivity index (χ3n) is 3.19. The van der Waals surface area contributed by atoms with Crippen molar-refractivity contribution in [3.05, 3.63) is 59.2 Å². The topological polar surface area (TPSA) is 50.9 Å². The first-order valence-corrected chi connectivity index (χ1v) is 6.69. The zero-order valence-corrected chi connectivity index (χ0v) is 11.8. The van der Waals surface area contributed by atoms with Gasteiger partial charge in [-0.25, -0.2) is 0 Å². The number of nitrogens with two attached hydrogens (primary N) is 1. The van der Waals surface area contributed by atoms with Crippen LogP contribution in [0.2, 0.25) is 5.02 Å². The van der Waals surface area contributed by atoms with Crippen LogP contribution in [0.15, 0.2) is 48.7 Å². The minimum absolute atomic E-state index is 0.668. The van der Waals surface area contributed by atoms with Gasteiger partial charge in [0.15, 0.2) is 0 Å². The van der Waals surface area contributed by atoms with Gasteiger partial charge < -0.3 is 11.1 Å². The average molecular weight is 284 g/mol. The molecule has 3 nitrogen and oxygen atoms in total. The van der Waals surface area contributed by atoms with E-state index in [0.717, 1.165) is 27.8 Å². The number of nitrogens with zero attached hydrogens (tertiary/aromatic N) is 1. The molecule has 0 spiro atoms. The number of pyridine rings is 1. The van der Waals surface area contributed by atoms with Crippen LogP contribution in [0.5, 0.6) is 0 Å². The van der Waals surface area contributed by atoms with E-state index in [1.807, 2.05) is 49.4 Å². The zero-order chi connectivity index (χ0) is 14.1. The lowest BCUT2D eigenvalue weighted by Crippen LogP contribution is -1.96. The van der Waals surface area contributed by atoms with Gasteiger partial charge in [-0.05, 0) is 36.8 Å². The number of nitrogen functional groups attached to an aromatic ring is 1. The van der Waals surface area contributed by atoms with E-state index in [-0.39, 0.29) is 0 Å². The maximum Gasteiger partial charge on any atom is 0.0951 e. The summed E-state index contributed by atoms with van der Waals surface area (Å²) in [6.07, 6.45) is 1.74. The summed E-state index contributed by atoms with van der Waals surface area (Å²) in [5, 5.41) is 5.02. The molecule has 1 heterocycles. The van der Waals surface area contributed by atoms with E-state index in [0.29, 0.717) is 10.7 Å². The van der Waals surface area contributed by atoms with Gasteiger partial charge >= 0.3 is 0 Å². The van der Waals surface area contributed by atoms with Crippen molar-refractivity contribution in [3.63, 3.8) is 0 Å². The molecular weight excluding hydrogens is 270 g/mol. The molecule has 0 aliphatic rings. The SMILES string of the molecule is Cc1ccc(Cl)c(Nc2ccnc3c(N)cccc23)c1. The van der Waals surface area contributed by atoms with Crippen LogP contribution in [0.4, 0.5) is 17.1 Å². The Morgan fingerprint density at radius 2 is 1.95 bits per heavy atom. The van der Waals surface area contributed by atoms with Gasteiger partial charge in [0.25, 0.3) is 0 Å². The summed E-state index contributed by atoms with van der Waals surface area (Å²) in [6, 6.07) is 13.6. The molecule has 3 aromatic rings. The number of halogens is 1. The smallest absolute Gasteiger partial charge is 0.0951 e. The van der Waals surface area contributed by atoms with Crippen LogP contribution in [0.3, 0.4) is 0 Å². The second-order valence-electron chi connectivity index (χ2n) is 4.71. The van der Waals surface area contributed by atoms with E-state index < -0.39 is 0 Å². The fraction of sp³-hybridized carbons (Fsp3) is 0.0625. The number of rotatable bonds is 2. The van der Waals surface area contributed by atoms with Gasteiger partial charge in [-0.2, -0.15) is 0 Å². The highest BCUT2D eigenvalue weighted by Gasteiger charge is 2.06. The Hall–Kier alpha value is -2.26. The minimum Gasteiger partial charge on any atom is -0.397 e. The average Bonchev–Trinajstić information content (AvgIpc) is 2.44. The van der Waals surface area contributed by atoms with Crippen LogP contribution in [0, 0.1) is 6.92 Å². The molecule has 1 aromatic heterocycles. The molecule has 0 radical (unpaired) electrons. The quantitative estimate of drug-likeness (QED) is 0.680. The van der Waals surface area contributed by atoms with Crippen molar-refractivity contribution in [2.45, 2.75) is 6.92 Å². The number of nitrogens with one attached hydrogen (secondary N) is 1. The zero-order valence-electron chi connectivity index (χ0n) is 11.0. The Morgan fingerprint density at radius 1 is 1.10 bits per heavy atom. The number of para-hydroxylation sites is 1. The minimum atomic E-state index is 0.668. The summed E-state index contributed by atoms with van der Waals surface area (Å²) in [7, 11) is 0. The molecule has 20 heavy (non-hydrogen) atoms. The molecule has 0 aliphatic heterocycles. The van der Waals surface area contributed by atoms with Gasteiger partial charge in [-0.15, -0.1) is 0 Å². The molecule has 0 fully saturated rings. The highest BCUT2D eigenvalue weighted by Crippen LogP contribution is 2.31. The van der Waals surface area contributed by atoms with Gasteiger partial charge in [0, 0.05) is 17.3 Å². The van der Waals surface area contributed by atoms with Crippen LogP contribution >= 0.6 is 11.6 Å². The molecule has 4 heteroatoms. The fourth-order valence-corrected chi connectivity index (χ4v) is 2.35. The summed E-state index contributed by atoms with van der Waals surface area (Å²) >= 11 is 6.23. The van der Waals surface area contributed by atoms with E-state index in [1.54, 1.807) is 6.20 Å². The highest BCUT2D eigenvalue weighted by molar-refractivity contribution is 6.33. The lowest BCUT2D eigenvalue weighted by atomic mass is 10.1. The van der Waals surface area contributed by atoms with Gasteiger partial charge in [0.05, 0.1) is 21.9 Å². The van der Waals surface area contributed by atoms with Crippen molar-refractivity contribution in [2.75, 3.05) is 11.1 Å². The van der Waals surface area contributed by atoms with Gasteiger partial charge in [0.2, 0.25) is 0 Å². The molecule has 0 saturated heterocycles. The first kappa shape index (κ1) is 12.8. The molecule has 3 N–H and O–H groups in total. The van der Waals surface area contributed by atoms with Crippen molar-refractivity contribution in [1.82, 2.24) is 4.98 Å². The summed E-state index contributed by atoms with van der Waals surface area (Å²) in [5.74, 6) is 0. The van der Waals surface area contributed by atoms with Crippen molar-refractivity contribution in [2.24, 2.45) is 0 Å². The number of benzene rings is 2. The van der Waals surface area contributed by atoms with Crippen LogP contribution in [0.25, 0.3) is 10.9 Å². The monoisotopic (exact) mass is 283 g/mol. The first-order chi connectivity index (χ1) is 9.65. The van der Waals surface area contributed by atoms with E-state index in [9.17, 15) is 0 Å². The molecule has 0 saturated carbocycles. The largest absolute Gasteiger partial charge is 0.397 e. The maximum atomic E-state index is 6.23. The second kappa shape index (κ2) is 5.02.